The van der Waals surface area contributed by atoms with Gasteiger partial charge in [0.05, 0.1) is 19.7 Å². The first-order chi connectivity index (χ1) is 9.98. The summed E-state index contributed by atoms with van der Waals surface area (Å²) in [5, 5.41) is 0. The predicted octanol–water partition coefficient (Wildman–Crippen LogP) is 1.84. The van der Waals surface area contributed by atoms with E-state index >= 15 is 0 Å². The summed E-state index contributed by atoms with van der Waals surface area (Å²) in [5.74, 6) is 2.02. The second kappa shape index (κ2) is 5.75. The molecule has 2 aliphatic carbocycles. The Morgan fingerprint density at radius 2 is 2.05 bits per heavy atom. The molecule has 1 saturated heterocycles. The molecule has 21 heavy (non-hydrogen) atoms. The molecule has 3 heteroatoms. The van der Waals surface area contributed by atoms with Crippen molar-refractivity contribution in [1.29, 1.82) is 0 Å². The van der Waals surface area contributed by atoms with E-state index in [2.05, 4.69) is 26.8 Å². The zero-order valence-electron chi connectivity index (χ0n) is 13.8. The van der Waals surface area contributed by atoms with Crippen LogP contribution in [0.15, 0.2) is 11.6 Å². The van der Waals surface area contributed by atoms with E-state index in [1.54, 1.807) is 0 Å². The van der Waals surface area contributed by atoms with Crippen molar-refractivity contribution >= 4 is 5.97 Å². The van der Waals surface area contributed by atoms with Crippen LogP contribution >= 0.6 is 0 Å². The van der Waals surface area contributed by atoms with E-state index in [0.29, 0.717) is 24.5 Å². The summed E-state index contributed by atoms with van der Waals surface area (Å²) in [7, 11) is 0. The molecule has 1 aliphatic heterocycles. The van der Waals surface area contributed by atoms with Crippen LogP contribution < -0.4 is 4.90 Å². The second-order valence-electron chi connectivity index (χ2n) is 7.97. The highest BCUT2D eigenvalue weighted by Gasteiger charge is 2.58. The SMILES string of the molecule is CC1=C[C@H]2[C@@H](C[C@@H]1COC(=O)C[NH+]1CCCCC1)C2(C)C. The van der Waals surface area contributed by atoms with Gasteiger partial charge in [0.25, 0.3) is 0 Å². The van der Waals surface area contributed by atoms with Gasteiger partial charge in [-0.2, -0.15) is 0 Å². The number of ether oxygens (including phenoxy) is 1. The summed E-state index contributed by atoms with van der Waals surface area (Å²) < 4.78 is 5.59. The fraction of sp³-hybridized carbons (Fsp3) is 0.833. The first-order valence-electron chi connectivity index (χ1n) is 8.66. The summed E-state index contributed by atoms with van der Waals surface area (Å²) in [4.78, 5) is 13.4. The Labute approximate surface area is 128 Å². The number of hydrogen-bond acceptors (Lipinski definition) is 2. The number of rotatable bonds is 4. The Balaban J connectivity index is 1.44. The van der Waals surface area contributed by atoms with Crippen LogP contribution in [0.1, 0.15) is 46.5 Å². The number of allylic oxidation sites excluding steroid dienone is 1. The lowest BCUT2D eigenvalue weighted by Crippen LogP contribution is -3.13. The number of likely N-dealkylation sites (tertiary alicyclic amines) is 1. The van der Waals surface area contributed by atoms with Crippen molar-refractivity contribution in [3.63, 3.8) is 0 Å². The zero-order chi connectivity index (χ0) is 15.0. The smallest absolute Gasteiger partial charge is 0.361 e. The zero-order valence-corrected chi connectivity index (χ0v) is 13.8. The van der Waals surface area contributed by atoms with Crippen LogP contribution in [0.5, 0.6) is 0 Å². The Kier molecular flexibility index (Phi) is 4.13. The molecule has 3 aliphatic rings. The van der Waals surface area contributed by atoms with Gasteiger partial charge in [0.1, 0.15) is 0 Å². The van der Waals surface area contributed by atoms with Gasteiger partial charge in [0.15, 0.2) is 6.54 Å². The minimum atomic E-state index is -0.00289. The number of carbonyl (C=O) groups is 1. The minimum absolute atomic E-state index is 0.00289. The van der Waals surface area contributed by atoms with E-state index < -0.39 is 0 Å². The van der Waals surface area contributed by atoms with Crippen molar-refractivity contribution in [2.45, 2.75) is 46.5 Å². The lowest BCUT2D eigenvalue weighted by molar-refractivity contribution is -0.897. The lowest BCUT2D eigenvalue weighted by atomic mass is 9.89. The monoisotopic (exact) mass is 292 g/mol. The number of piperidine rings is 1. The molecular formula is C18H30NO2+. The standard InChI is InChI=1S/C18H29NO2/c1-13-9-15-16(18(15,2)3)10-14(13)12-21-17(20)11-19-7-5-4-6-8-19/h9,14-16H,4-8,10-12H2,1-3H3/p+1/t14-,15+,16-/m1/s1. The van der Waals surface area contributed by atoms with Crippen molar-refractivity contribution < 1.29 is 14.4 Å². The number of esters is 1. The molecule has 0 amide bonds. The highest BCUT2D eigenvalue weighted by atomic mass is 16.5. The van der Waals surface area contributed by atoms with Crippen LogP contribution in [0, 0.1) is 23.2 Å². The molecule has 0 aromatic carbocycles. The van der Waals surface area contributed by atoms with Crippen LogP contribution in [-0.4, -0.2) is 32.2 Å². The Morgan fingerprint density at radius 3 is 2.76 bits per heavy atom. The Morgan fingerprint density at radius 1 is 1.33 bits per heavy atom. The van der Waals surface area contributed by atoms with Gasteiger partial charge < -0.3 is 9.64 Å². The Hall–Kier alpha value is -0.830. The molecule has 1 saturated carbocycles. The fourth-order valence-corrected chi connectivity index (χ4v) is 4.36. The average molecular weight is 292 g/mol. The third kappa shape index (κ3) is 3.18. The molecule has 3 atom stereocenters. The largest absolute Gasteiger partial charge is 0.461 e. The molecule has 2 fully saturated rings. The maximum atomic E-state index is 12.0. The topological polar surface area (TPSA) is 30.7 Å². The normalized spacial score (nSPS) is 34.8. The predicted molar refractivity (Wildman–Crippen MR) is 83.0 cm³/mol. The van der Waals surface area contributed by atoms with E-state index in [4.69, 9.17) is 4.74 Å². The van der Waals surface area contributed by atoms with Crippen LogP contribution in [0.25, 0.3) is 0 Å². The molecule has 118 valence electrons. The number of quaternary nitrogens is 1. The summed E-state index contributed by atoms with van der Waals surface area (Å²) >= 11 is 0. The number of fused-ring (bicyclic) bond motifs is 1. The van der Waals surface area contributed by atoms with Crippen LogP contribution in [0.3, 0.4) is 0 Å². The van der Waals surface area contributed by atoms with Gasteiger partial charge in [-0.3, -0.25) is 0 Å². The highest BCUT2D eigenvalue weighted by Crippen LogP contribution is 2.64. The van der Waals surface area contributed by atoms with E-state index in [0.717, 1.165) is 24.9 Å². The molecule has 3 nitrogen and oxygen atoms in total. The van der Waals surface area contributed by atoms with E-state index in [-0.39, 0.29) is 5.97 Å². The van der Waals surface area contributed by atoms with Crippen molar-refractivity contribution in [2.75, 3.05) is 26.2 Å². The molecule has 0 spiro atoms. The maximum absolute atomic E-state index is 12.0. The first-order valence-corrected chi connectivity index (χ1v) is 8.66. The number of carbonyl (C=O) groups excluding carboxylic acids is 1. The van der Waals surface area contributed by atoms with Gasteiger partial charge in [-0.1, -0.05) is 25.5 Å². The van der Waals surface area contributed by atoms with E-state index in [9.17, 15) is 4.79 Å². The van der Waals surface area contributed by atoms with Gasteiger partial charge in [-0.25, -0.2) is 4.79 Å². The molecule has 0 unspecified atom stereocenters. The molecule has 0 aromatic rings. The van der Waals surface area contributed by atoms with Crippen molar-refractivity contribution in [3.05, 3.63) is 11.6 Å². The molecular weight excluding hydrogens is 262 g/mol. The molecule has 0 bridgehead atoms. The third-order valence-corrected chi connectivity index (χ3v) is 6.16. The quantitative estimate of drug-likeness (QED) is 0.633. The molecule has 3 rings (SSSR count). The van der Waals surface area contributed by atoms with Crippen LogP contribution in [-0.2, 0) is 9.53 Å². The summed E-state index contributed by atoms with van der Waals surface area (Å²) in [6.07, 6.45) is 7.46. The second-order valence-corrected chi connectivity index (χ2v) is 7.97. The summed E-state index contributed by atoms with van der Waals surface area (Å²) in [5.41, 5.74) is 1.90. The lowest BCUT2D eigenvalue weighted by Gasteiger charge is -2.24. The van der Waals surface area contributed by atoms with E-state index in [1.807, 2.05) is 0 Å². The van der Waals surface area contributed by atoms with Crippen molar-refractivity contribution in [2.24, 2.45) is 23.2 Å². The molecule has 1 N–H and O–H groups in total. The number of hydrogen-bond donors (Lipinski definition) is 1. The summed E-state index contributed by atoms with van der Waals surface area (Å²) in [6.45, 7) is 10.4. The summed E-state index contributed by atoms with van der Waals surface area (Å²) in [6, 6.07) is 0. The minimum Gasteiger partial charge on any atom is -0.461 e. The van der Waals surface area contributed by atoms with Crippen LogP contribution in [0.2, 0.25) is 0 Å². The molecule has 0 radical (unpaired) electrons. The van der Waals surface area contributed by atoms with Crippen LogP contribution in [0.4, 0.5) is 0 Å². The highest BCUT2D eigenvalue weighted by molar-refractivity contribution is 5.70. The molecule has 1 heterocycles. The van der Waals surface area contributed by atoms with E-state index in [1.165, 1.54) is 36.2 Å². The first kappa shape index (κ1) is 15.1. The van der Waals surface area contributed by atoms with Crippen molar-refractivity contribution in [3.8, 4) is 0 Å². The molecule has 0 aromatic heterocycles. The van der Waals surface area contributed by atoms with Gasteiger partial charge in [-0.05, 0) is 49.9 Å². The van der Waals surface area contributed by atoms with Gasteiger partial charge in [0, 0.05) is 5.92 Å². The van der Waals surface area contributed by atoms with Gasteiger partial charge in [0.2, 0.25) is 0 Å². The third-order valence-electron chi connectivity index (χ3n) is 6.16. The maximum Gasteiger partial charge on any atom is 0.361 e. The number of nitrogens with one attached hydrogen (secondary N) is 1. The fourth-order valence-electron chi connectivity index (χ4n) is 4.36. The Bertz CT molecular complexity index is 434. The van der Waals surface area contributed by atoms with Gasteiger partial charge in [-0.15, -0.1) is 0 Å². The van der Waals surface area contributed by atoms with Gasteiger partial charge >= 0.3 is 5.97 Å². The van der Waals surface area contributed by atoms with Crippen molar-refractivity contribution in [1.82, 2.24) is 0 Å². The average Bonchev–Trinajstić information content (AvgIpc) is 2.98.